The fourth-order valence-corrected chi connectivity index (χ4v) is 2.78. The highest BCUT2D eigenvalue weighted by Crippen LogP contribution is 2.16. The van der Waals surface area contributed by atoms with Crippen LogP contribution in [0, 0.1) is 5.82 Å². The van der Waals surface area contributed by atoms with Crippen LogP contribution in [0.3, 0.4) is 0 Å². The molecule has 0 aliphatic carbocycles. The van der Waals surface area contributed by atoms with E-state index in [1.165, 1.54) is 12.1 Å². The third-order valence-corrected chi connectivity index (χ3v) is 4.20. The van der Waals surface area contributed by atoms with Crippen molar-refractivity contribution in [2.45, 2.75) is 6.04 Å². The van der Waals surface area contributed by atoms with Crippen LogP contribution in [0.25, 0.3) is 0 Å². The van der Waals surface area contributed by atoms with Crippen LogP contribution >= 0.6 is 24.0 Å². The Labute approximate surface area is 162 Å². The number of nitrogens with zero attached hydrogens (tertiary/aromatic N) is 1. The summed E-state index contributed by atoms with van der Waals surface area (Å²) < 4.78 is 18.9. The Bertz CT molecular complexity index is 731. The molecule has 2 aromatic carbocycles. The van der Waals surface area contributed by atoms with E-state index in [0.29, 0.717) is 36.1 Å². The number of rotatable bonds is 4. The number of amides is 2. The lowest BCUT2D eigenvalue weighted by atomic mass is 10.2. The maximum absolute atomic E-state index is 13.2. The van der Waals surface area contributed by atoms with Gasteiger partial charge in [-0.2, -0.15) is 0 Å². The van der Waals surface area contributed by atoms with Gasteiger partial charge in [-0.15, -0.1) is 12.4 Å². The Morgan fingerprint density at radius 2 is 2.08 bits per heavy atom. The number of anilines is 1. The van der Waals surface area contributed by atoms with E-state index in [2.05, 4.69) is 10.6 Å². The van der Waals surface area contributed by atoms with Crippen LogP contribution in [0.5, 0.6) is 5.75 Å². The second kappa shape index (κ2) is 9.62. The summed E-state index contributed by atoms with van der Waals surface area (Å²) in [6.07, 6.45) is 0. The fourth-order valence-electron chi connectivity index (χ4n) is 2.65. The fraction of sp³-hybridized carbons (Fsp3) is 0.278. The molecule has 140 valence electrons. The zero-order valence-corrected chi connectivity index (χ0v) is 15.5. The highest BCUT2D eigenvalue weighted by Gasteiger charge is 2.27. The number of hydrogen-bond acceptors (Lipinski definition) is 3. The molecule has 3 rings (SSSR count). The Balaban J connectivity index is 0.00000243. The zero-order chi connectivity index (χ0) is 17.6. The number of carbonyl (C=O) groups excluding carboxylic acids is 1. The van der Waals surface area contributed by atoms with Crippen LogP contribution in [0.2, 0.25) is 5.02 Å². The van der Waals surface area contributed by atoms with E-state index in [-0.39, 0.29) is 36.9 Å². The first-order valence-electron chi connectivity index (χ1n) is 8.04. The summed E-state index contributed by atoms with van der Waals surface area (Å²) in [6.45, 7) is 2.18. The number of halogens is 3. The van der Waals surface area contributed by atoms with Crippen LogP contribution < -0.4 is 15.4 Å². The van der Waals surface area contributed by atoms with Crippen LogP contribution in [0.15, 0.2) is 48.5 Å². The van der Waals surface area contributed by atoms with Gasteiger partial charge in [0, 0.05) is 36.4 Å². The van der Waals surface area contributed by atoms with Gasteiger partial charge in [-0.1, -0.05) is 17.7 Å². The SMILES string of the molecule is Cl.O=C(Nc1ccc(Cl)cc1)N1CCNCC1COc1cccc(F)c1. The molecule has 2 amide bonds. The van der Waals surface area contributed by atoms with Gasteiger partial charge >= 0.3 is 6.03 Å². The normalized spacial score (nSPS) is 16.5. The van der Waals surface area contributed by atoms with Crippen molar-refractivity contribution < 1.29 is 13.9 Å². The zero-order valence-electron chi connectivity index (χ0n) is 14.0. The summed E-state index contributed by atoms with van der Waals surface area (Å²) in [6, 6.07) is 12.6. The topological polar surface area (TPSA) is 53.6 Å². The first kappa shape index (κ1) is 20.3. The lowest BCUT2D eigenvalue weighted by Crippen LogP contribution is -2.57. The van der Waals surface area contributed by atoms with Gasteiger partial charge < -0.3 is 20.3 Å². The third kappa shape index (κ3) is 5.49. The quantitative estimate of drug-likeness (QED) is 0.822. The Kier molecular flexibility index (Phi) is 7.50. The van der Waals surface area contributed by atoms with Crippen molar-refractivity contribution in [2.24, 2.45) is 0 Å². The van der Waals surface area contributed by atoms with E-state index in [4.69, 9.17) is 16.3 Å². The molecule has 0 saturated carbocycles. The number of urea groups is 1. The molecule has 2 aromatic rings. The van der Waals surface area contributed by atoms with E-state index in [9.17, 15) is 9.18 Å². The van der Waals surface area contributed by atoms with E-state index < -0.39 is 0 Å². The molecule has 0 bridgehead atoms. The third-order valence-electron chi connectivity index (χ3n) is 3.95. The molecule has 1 heterocycles. The number of nitrogens with one attached hydrogen (secondary N) is 2. The maximum Gasteiger partial charge on any atom is 0.322 e. The van der Waals surface area contributed by atoms with Gasteiger partial charge in [0.2, 0.25) is 0 Å². The monoisotopic (exact) mass is 399 g/mol. The van der Waals surface area contributed by atoms with Gasteiger partial charge in [0.1, 0.15) is 18.2 Å². The number of ether oxygens (including phenoxy) is 1. The maximum atomic E-state index is 13.2. The van der Waals surface area contributed by atoms with Crippen molar-refractivity contribution in [1.82, 2.24) is 10.2 Å². The predicted octanol–water partition coefficient (Wildman–Crippen LogP) is 3.79. The molecule has 2 N–H and O–H groups in total. The van der Waals surface area contributed by atoms with Crippen molar-refractivity contribution in [3.8, 4) is 5.75 Å². The minimum atomic E-state index is -0.350. The largest absolute Gasteiger partial charge is 0.491 e. The first-order chi connectivity index (χ1) is 12.1. The smallest absolute Gasteiger partial charge is 0.322 e. The lowest BCUT2D eigenvalue weighted by Gasteiger charge is -2.36. The molecule has 1 atom stereocenters. The highest BCUT2D eigenvalue weighted by molar-refractivity contribution is 6.30. The molecule has 8 heteroatoms. The van der Waals surface area contributed by atoms with Crippen molar-refractivity contribution in [3.05, 3.63) is 59.4 Å². The van der Waals surface area contributed by atoms with Crippen LogP contribution in [-0.2, 0) is 0 Å². The van der Waals surface area contributed by atoms with Crippen LogP contribution in [-0.4, -0.2) is 43.2 Å². The van der Waals surface area contributed by atoms with Gasteiger partial charge in [-0.3, -0.25) is 0 Å². The molecule has 0 spiro atoms. The molecule has 5 nitrogen and oxygen atoms in total. The summed E-state index contributed by atoms with van der Waals surface area (Å²) in [7, 11) is 0. The molecular weight excluding hydrogens is 380 g/mol. The highest BCUT2D eigenvalue weighted by atomic mass is 35.5. The number of hydrogen-bond donors (Lipinski definition) is 2. The predicted molar refractivity (Wildman–Crippen MR) is 103 cm³/mol. The second-order valence-electron chi connectivity index (χ2n) is 5.76. The van der Waals surface area contributed by atoms with E-state index in [1.54, 1.807) is 41.3 Å². The lowest BCUT2D eigenvalue weighted by molar-refractivity contribution is 0.133. The van der Waals surface area contributed by atoms with Gasteiger partial charge in [-0.25, -0.2) is 9.18 Å². The van der Waals surface area contributed by atoms with Gasteiger partial charge in [0.05, 0.1) is 6.04 Å². The molecular formula is C18H20Cl2FN3O2. The minimum Gasteiger partial charge on any atom is -0.491 e. The van der Waals surface area contributed by atoms with Crippen LogP contribution in [0.4, 0.5) is 14.9 Å². The average Bonchev–Trinajstić information content (AvgIpc) is 2.62. The standard InChI is InChI=1S/C18H19ClFN3O2.ClH/c19-13-4-6-15(7-5-13)22-18(24)23-9-8-21-11-16(23)12-25-17-3-1-2-14(20)10-17;/h1-7,10,16,21H,8-9,11-12H2,(H,22,24);1H. The summed E-state index contributed by atoms with van der Waals surface area (Å²) >= 11 is 5.86. The van der Waals surface area contributed by atoms with Gasteiger partial charge in [-0.05, 0) is 36.4 Å². The van der Waals surface area contributed by atoms with Gasteiger partial charge in [0.25, 0.3) is 0 Å². The summed E-state index contributed by atoms with van der Waals surface area (Å²) in [4.78, 5) is 14.3. The van der Waals surface area contributed by atoms with E-state index in [0.717, 1.165) is 0 Å². The molecule has 26 heavy (non-hydrogen) atoms. The number of piperazine rings is 1. The van der Waals surface area contributed by atoms with E-state index in [1.807, 2.05) is 0 Å². The molecule has 1 aliphatic heterocycles. The molecule has 1 aliphatic rings. The number of benzene rings is 2. The van der Waals surface area contributed by atoms with Crippen molar-refractivity contribution >= 4 is 35.7 Å². The van der Waals surface area contributed by atoms with Crippen molar-refractivity contribution in [3.63, 3.8) is 0 Å². The average molecular weight is 400 g/mol. The first-order valence-corrected chi connectivity index (χ1v) is 8.42. The van der Waals surface area contributed by atoms with Crippen molar-refractivity contribution in [2.75, 3.05) is 31.6 Å². The summed E-state index contributed by atoms with van der Waals surface area (Å²) in [5, 5.41) is 6.72. The molecule has 0 aromatic heterocycles. The molecule has 1 unspecified atom stereocenters. The van der Waals surface area contributed by atoms with Gasteiger partial charge in [0.15, 0.2) is 0 Å². The summed E-state index contributed by atoms with van der Waals surface area (Å²) in [5.41, 5.74) is 0.678. The van der Waals surface area contributed by atoms with Crippen LogP contribution in [0.1, 0.15) is 0 Å². The minimum absolute atomic E-state index is 0. The molecule has 0 radical (unpaired) electrons. The second-order valence-corrected chi connectivity index (χ2v) is 6.19. The number of carbonyl (C=O) groups is 1. The Hall–Kier alpha value is -2.02. The Morgan fingerprint density at radius 3 is 2.81 bits per heavy atom. The van der Waals surface area contributed by atoms with Crippen molar-refractivity contribution in [1.29, 1.82) is 0 Å². The summed E-state index contributed by atoms with van der Waals surface area (Å²) in [5.74, 6) is 0.0974. The Morgan fingerprint density at radius 1 is 1.31 bits per heavy atom. The molecule has 1 fully saturated rings. The van der Waals surface area contributed by atoms with E-state index >= 15 is 0 Å². The molecule has 1 saturated heterocycles.